The third-order valence-corrected chi connectivity index (χ3v) is 5.44. The SMILES string of the molecule is Cc1ccc(C)c(S(=O)(=O)N(C)CCc2ccccn2)c1. The van der Waals surface area contributed by atoms with Crippen LogP contribution in [0.1, 0.15) is 16.8 Å². The molecule has 0 fully saturated rings. The van der Waals surface area contributed by atoms with Gasteiger partial charge in [0.25, 0.3) is 0 Å². The van der Waals surface area contributed by atoms with Crippen LogP contribution in [-0.2, 0) is 16.4 Å². The second-order valence-electron chi connectivity index (χ2n) is 5.17. The average molecular weight is 304 g/mol. The van der Waals surface area contributed by atoms with E-state index in [1.807, 2.05) is 44.2 Å². The minimum Gasteiger partial charge on any atom is -0.261 e. The molecule has 2 rings (SSSR count). The van der Waals surface area contributed by atoms with Gasteiger partial charge in [0.2, 0.25) is 10.0 Å². The lowest BCUT2D eigenvalue weighted by molar-refractivity contribution is 0.470. The van der Waals surface area contributed by atoms with Crippen LogP contribution in [0.15, 0.2) is 47.5 Å². The van der Waals surface area contributed by atoms with Crippen molar-refractivity contribution >= 4 is 10.0 Å². The van der Waals surface area contributed by atoms with Gasteiger partial charge in [0, 0.05) is 31.9 Å². The number of aryl methyl sites for hydroxylation is 2. The Morgan fingerprint density at radius 3 is 2.57 bits per heavy atom. The van der Waals surface area contributed by atoms with Crippen molar-refractivity contribution in [2.75, 3.05) is 13.6 Å². The molecule has 0 radical (unpaired) electrons. The van der Waals surface area contributed by atoms with Gasteiger partial charge in [-0.3, -0.25) is 4.98 Å². The van der Waals surface area contributed by atoms with E-state index in [9.17, 15) is 8.42 Å². The molecule has 112 valence electrons. The van der Waals surface area contributed by atoms with Gasteiger partial charge in [-0.05, 0) is 43.2 Å². The zero-order valence-corrected chi connectivity index (χ0v) is 13.4. The third kappa shape index (κ3) is 3.68. The molecule has 0 aliphatic carbocycles. The van der Waals surface area contributed by atoms with Crippen molar-refractivity contribution in [1.82, 2.24) is 9.29 Å². The molecule has 5 heteroatoms. The Morgan fingerprint density at radius 2 is 1.90 bits per heavy atom. The van der Waals surface area contributed by atoms with E-state index in [1.165, 1.54) is 4.31 Å². The summed E-state index contributed by atoms with van der Waals surface area (Å²) in [4.78, 5) is 4.60. The van der Waals surface area contributed by atoms with Gasteiger partial charge in [0.05, 0.1) is 4.90 Å². The van der Waals surface area contributed by atoms with Crippen LogP contribution < -0.4 is 0 Å². The van der Waals surface area contributed by atoms with E-state index >= 15 is 0 Å². The Morgan fingerprint density at radius 1 is 1.14 bits per heavy atom. The first kappa shape index (κ1) is 15.7. The first-order valence-corrected chi connectivity index (χ1v) is 8.29. The van der Waals surface area contributed by atoms with E-state index in [4.69, 9.17) is 0 Å². The highest BCUT2D eigenvalue weighted by atomic mass is 32.2. The molecule has 0 spiro atoms. The number of sulfonamides is 1. The topological polar surface area (TPSA) is 50.3 Å². The monoisotopic (exact) mass is 304 g/mol. The highest BCUT2D eigenvalue weighted by molar-refractivity contribution is 7.89. The normalized spacial score (nSPS) is 11.8. The Bertz CT molecular complexity index is 712. The van der Waals surface area contributed by atoms with E-state index in [0.29, 0.717) is 17.9 Å². The molecule has 0 bridgehead atoms. The molecule has 1 aromatic carbocycles. The minimum atomic E-state index is -3.46. The molecule has 1 heterocycles. The highest BCUT2D eigenvalue weighted by Crippen LogP contribution is 2.20. The van der Waals surface area contributed by atoms with Gasteiger partial charge < -0.3 is 0 Å². The summed E-state index contributed by atoms with van der Waals surface area (Å²) >= 11 is 0. The van der Waals surface area contributed by atoms with Crippen LogP contribution >= 0.6 is 0 Å². The molecule has 0 aliphatic heterocycles. The number of nitrogens with zero attached hydrogens (tertiary/aromatic N) is 2. The van der Waals surface area contributed by atoms with Crippen molar-refractivity contribution in [3.63, 3.8) is 0 Å². The van der Waals surface area contributed by atoms with Gasteiger partial charge in [0.1, 0.15) is 0 Å². The maximum Gasteiger partial charge on any atom is 0.243 e. The number of rotatable bonds is 5. The molecular weight excluding hydrogens is 284 g/mol. The molecule has 1 aromatic heterocycles. The van der Waals surface area contributed by atoms with E-state index in [-0.39, 0.29) is 0 Å². The highest BCUT2D eigenvalue weighted by Gasteiger charge is 2.22. The maximum absolute atomic E-state index is 12.6. The standard InChI is InChI=1S/C16H20N2O2S/c1-13-7-8-14(2)16(12-13)21(19,20)18(3)11-9-15-6-4-5-10-17-15/h4-8,10,12H,9,11H2,1-3H3. The predicted octanol–water partition coefficient (Wildman–Crippen LogP) is 2.56. The summed E-state index contributed by atoms with van der Waals surface area (Å²) in [6.45, 7) is 4.12. The molecule has 21 heavy (non-hydrogen) atoms. The van der Waals surface area contributed by atoms with Crippen LogP contribution in [0.25, 0.3) is 0 Å². The largest absolute Gasteiger partial charge is 0.261 e. The van der Waals surface area contributed by atoms with Crippen molar-refractivity contribution in [3.05, 3.63) is 59.4 Å². The van der Waals surface area contributed by atoms with Crippen LogP contribution in [-0.4, -0.2) is 31.3 Å². The van der Waals surface area contributed by atoms with Crippen molar-refractivity contribution in [2.45, 2.75) is 25.2 Å². The zero-order chi connectivity index (χ0) is 15.5. The summed E-state index contributed by atoms with van der Waals surface area (Å²) in [6, 6.07) is 11.1. The van der Waals surface area contributed by atoms with Crippen LogP contribution in [0.4, 0.5) is 0 Å². The number of hydrogen-bond acceptors (Lipinski definition) is 3. The van der Waals surface area contributed by atoms with Gasteiger partial charge in [0.15, 0.2) is 0 Å². The molecule has 0 saturated heterocycles. The maximum atomic E-state index is 12.6. The molecule has 0 aliphatic rings. The Kier molecular flexibility index (Phi) is 4.75. The van der Waals surface area contributed by atoms with Crippen molar-refractivity contribution in [2.24, 2.45) is 0 Å². The zero-order valence-electron chi connectivity index (χ0n) is 12.6. The average Bonchev–Trinajstić information content (AvgIpc) is 2.48. The molecule has 0 amide bonds. The molecule has 0 saturated carbocycles. The summed E-state index contributed by atoms with van der Waals surface area (Å²) < 4.78 is 26.7. The third-order valence-electron chi connectivity index (χ3n) is 3.44. The Labute approximate surface area is 126 Å². The van der Waals surface area contributed by atoms with Gasteiger partial charge >= 0.3 is 0 Å². The number of benzene rings is 1. The summed E-state index contributed by atoms with van der Waals surface area (Å²) in [7, 11) is -1.85. The van der Waals surface area contributed by atoms with Gasteiger partial charge in [-0.15, -0.1) is 0 Å². The van der Waals surface area contributed by atoms with Crippen molar-refractivity contribution in [1.29, 1.82) is 0 Å². The summed E-state index contributed by atoms with van der Waals surface area (Å²) in [5, 5.41) is 0. The fraction of sp³-hybridized carbons (Fsp3) is 0.312. The number of likely N-dealkylation sites (N-methyl/N-ethyl adjacent to an activating group) is 1. The summed E-state index contributed by atoms with van der Waals surface area (Å²) in [6.07, 6.45) is 2.32. The van der Waals surface area contributed by atoms with Gasteiger partial charge in [-0.2, -0.15) is 0 Å². The van der Waals surface area contributed by atoms with Crippen molar-refractivity contribution in [3.8, 4) is 0 Å². The van der Waals surface area contributed by atoms with Crippen LogP contribution in [0.3, 0.4) is 0 Å². The summed E-state index contributed by atoms with van der Waals surface area (Å²) in [5.41, 5.74) is 2.60. The van der Waals surface area contributed by atoms with Crippen molar-refractivity contribution < 1.29 is 8.42 Å². The number of hydrogen-bond donors (Lipinski definition) is 0. The molecular formula is C16H20N2O2S. The van der Waals surface area contributed by atoms with E-state index < -0.39 is 10.0 Å². The van der Waals surface area contributed by atoms with Gasteiger partial charge in [-0.1, -0.05) is 18.2 Å². The second-order valence-corrected chi connectivity index (χ2v) is 7.18. The smallest absolute Gasteiger partial charge is 0.243 e. The number of aromatic nitrogens is 1. The molecule has 0 unspecified atom stereocenters. The lowest BCUT2D eigenvalue weighted by Gasteiger charge is -2.18. The fourth-order valence-corrected chi connectivity index (χ4v) is 3.57. The second kappa shape index (κ2) is 6.37. The summed E-state index contributed by atoms with van der Waals surface area (Å²) in [5.74, 6) is 0. The van der Waals surface area contributed by atoms with Crippen LogP contribution in [0, 0.1) is 13.8 Å². The van der Waals surface area contributed by atoms with Gasteiger partial charge in [-0.25, -0.2) is 12.7 Å². The van der Waals surface area contributed by atoms with E-state index in [2.05, 4.69) is 4.98 Å². The first-order valence-electron chi connectivity index (χ1n) is 6.85. The number of pyridine rings is 1. The molecule has 0 atom stereocenters. The lowest BCUT2D eigenvalue weighted by Crippen LogP contribution is -2.29. The molecule has 4 nitrogen and oxygen atoms in total. The van der Waals surface area contributed by atoms with E-state index in [0.717, 1.165) is 16.8 Å². The molecule has 2 aromatic rings. The quantitative estimate of drug-likeness (QED) is 0.853. The Balaban J connectivity index is 2.17. The fourth-order valence-electron chi connectivity index (χ4n) is 2.09. The van der Waals surface area contributed by atoms with Crippen LogP contribution in [0.5, 0.6) is 0 Å². The first-order chi connectivity index (χ1) is 9.91. The minimum absolute atomic E-state index is 0.381. The Hall–Kier alpha value is -1.72. The predicted molar refractivity (Wildman–Crippen MR) is 83.7 cm³/mol. The molecule has 0 N–H and O–H groups in total. The van der Waals surface area contributed by atoms with Crippen LogP contribution in [0.2, 0.25) is 0 Å². The lowest BCUT2D eigenvalue weighted by atomic mass is 10.2. The van der Waals surface area contributed by atoms with E-state index in [1.54, 1.807) is 19.3 Å².